The number of benzene rings is 2. The van der Waals surface area contributed by atoms with Gasteiger partial charge in [-0.25, -0.2) is 0 Å². The minimum absolute atomic E-state index is 0.0778. The molecule has 0 radical (unpaired) electrons. The molecule has 0 amide bonds. The number of hydrogen-bond donors (Lipinski definition) is 2. The Balaban J connectivity index is 1.58. The lowest BCUT2D eigenvalue weighted by atomic mass is 10.1. The van der Waals surface area contributed by atoms with Gasteiger partial charge in [0, 0.05) is 37.4 Å². The van der Waals surface area contributed by atoms with Crippen LogP contribution >= 0.6 is 0 Å². The smallest absolute Gasteiger partial charge is 0.391 e. The first-order chi connectivity index (χ1) is 13.3. The largest absolute Gasteiger partial charge is 0.416 e. The molecule has 0 saturated carbocycles. The summed E-state index contributed by atoms with van der Waals surface area (Å²) in [5, 5.41) is 23.5. The van der Waals surface area contributed by atoms with Crippen LogP contribution < -0.4 is 5.32 Å². The molecule has 1 aliphatic heterocycles. The molecule has 2 N–H and O–H groups in total. The summed E-state index contributed by atoms with van der Waals surface area (Å²) in [6.45, 7) is 1.59. The number of rotatable bonds is 6. The zero-order valence-electron chi connectivity index (χ0n) is 14.9. The van der Waals surface area contributed by atoms with Gasteiger partial charge in [-0.1, -0.05) is 12.1 Å². The van der Waals surface area contributed by atoms with Crippen molar-refractivity contribution in [1.29, 1.82) is 0 Å². The molecule has 9 heteroatoms. The second-order valence-corrected chi connectivity index (χ2v) is 6.82. The van der Waals surface area contributed by atoms with Crippen molar-refractivity contribution < 1.29 is 23.2 Å². The van der Waals surface area contributed by atoms with E-state index in [1.807, 2.05) is 0 Å². The van der Waals surface area contributed by atoms with Gasteiger partial charge in [0.05, 0.1) is 22.7 Å². The Kier molecular flexibility index (Phi) is 5.85. The highest BCUT2D eigenvalue weighted by Gasteiger charge is 2.30. The minimum Gasteiger partial charge on any atom is -0.391 e. The van der Waals surface area contributed by atoms with Crippen LogP contribution in [-0.2, 0) is 19.3 Å². The molecule has 6 nitrogen and oxygen atoms in total. The number of aliphatic hydroxyl groups is 1. The number of anilines is 1. The predicted octanol–water partition coefficient (Wildman–Crippen LogP) is 3.79. The first-order valence-electron chi connectivity index (χ1n) is 8.79. The van der Waals surface area contributed by atoms with Gasteiger partial charge < -0.3 is 10.4 Å². The van der Waals surface area contributed by atoms with E-state index < -0.39 is 23.3 Å². The number of likely N-dealkylation sites (tertiary alicyclic amines) is 1. The molecule has 0 aliphatic carbocycles. The Bertz CT molecular complexity index is 841. The van der Waals surface area contributed by atoms with Gasteiger partial charge in [0.1, 0.15) is 0 Å². The van der Waals surface area contributed by atoms with Gasteiger partial charge in [-0.05, 0) is 36.2 Å². The number of aliphatic hydroxyl groups excluding tert-OH is 1. The van der Waals surface area contributed by atoms with Crippen LogP contribution in [0.3, 0.4) is 0 Å². The van der Waals surface area contributed by atoms with E-state index >= 15 is 0 Å². The van der Waals surface area contributed by atoms with Gasteiger partial charge in [0.2, 0.25) is 0 Å². The lowest BCUT2D eigenvalue weighted by Gasteiger charge is -2.18. The third-order valence-electron chi connectivity index (χ3n) is 4.78. The fraction of sp³-hybridized carbons (Fsp3) is 0.368. The number of nitrogens with one attached hydrogen (secondary N) is 1. The van der Waals surface area contributed by atoms with Crippen molar-refractivity contribution in [1.82, 2.24) is 4.90 Å². The van der Waals surface area contributed by atoms with Crippen LogP contribution in [0.5, 0.6) is 0 Å². The van der Waals surface area contributed by atoms with Gasteiger partial charge in [-0.3, -0.25) is 15.0 Å². The fourth-order valence-corrected chi connectivity index (χ4v) is 3.34. The highest BCUT2D eigenvalue weighted by Crippen LogP contribution is 2.29. The molecule has 1 unspecified atom stereocenters. The maximum absolute atomic E-state index is 12.6. The summed E-state index contributed by atoms with van der Waals surface area (Å²) < 4.78 is 37.9. The number of nitro benzene ring substituents is 1. The second-order valence-electron chi connectivity index (χ2n) is 6.82. The molecule has 0 bridgehead atoms. The summed E-state index contributed by atoms with van der Waals surface area (Å²) in [4.78, 5) is 12.7. The molecule has 0 spiro atoms. The van der Waals surface area contributed by atoms with Gasteiger partial charge in [-0.15, -0.1) is 0 Å². The summed E-state index contributed by atoms with van der Waals surface area (Å²) in [5.41, 5.74) is 0.866. The third-order valence-corrected chi connectivity index (χ3v) is 4.78. The lowest BCUT2D eigenvalue weighted by Crippen LogP contribution is -2.26. The molecule has 1 aliphatic rings. The lowest BCUT2D eigenvalue weighted by molar-refractivity contribution is -0.385. The molecule has 0 aromatic heterocycles. The number of nitro groups is 1. The molecule has 1 heterocycles. The SMILES string of the molecule is O=[N+]([O-])c1cc(NC2CCN(Cc3ccc(C(F)(F)F)cc3)C2)ccc1CO. The van der Waals surface area contributed by atoms with Crippen molar-refractivity contribution in [3.8, 4) is 0 Å². The van der Waals surface area contributed by atoms with Crippen LogP contribution in [0.4, 0.5) is 24.5 Å². The highest BCUT2D eigenvalue weighted by atomic mass is 19.4. The second kappa shape index (κ2) is 8.15. The van der Waals surface area contributed by atoms with Gasteiger partial charge in [-0.2, -0.15) is 13.2 Å². The summed E-state index contributed by atoms with van der Waals surface area (Å²) in [5.74, 6) is 0. The van der Waals surface area contributed by atoms with Crippen molar-refractivity contribution in [2.45, 2.75) is 31.8 Å². The Labute approximate surface area is 159 Å². The monoisotopic (exact) mass is 395 g/mol. The normalized spacial score (nSPS) is 17.6. The highest BCUT2D eigenvalue weighted by molar-refractivity contribution is 5.55. The molecule has 1 atom stereocenters. The van der Waals surface area contributed by atoms with Crippen LogP contribution in [0.1, 0.15) is 23.1 Å². The van der Waals surface area contributed by atoms with Gasteiger partial charge >= 0.3 is 6.18 Å². The summed E-state index contributed by atoms with van der Waals surface area (Å²) in [7, 11) is 0. The molecule has 28 heavy (non-hydrogen) atoms. The first-order valence-corrected chi connectivity index (χ1v) is 8.79. The van der Waals surface area contributed by atoms with Gasteiger partial charge in [0.25, 0.3) is 5.69 Å². The van der Waals surface area contributed by atoms with Crippen molar-refractivity contribution in [2.75, 3.05) is 18.4 Å². The van der Waals surface area contributed by atoms with Crippen molar-refractivity contribution in [2.24, 2.45) is 0 Å². The number of halogens is 3. The van der Waals surface area contributed by atoms with E-state index in [0.29, 0.717) is 18.8 Å². The summed E-state index contributed by atoms with van der Waals surface area (Å²) in [6, 6.07) is 9.85. The van der Waals surface area contributed by atoms with E-state index in [9.17, 15) is 28.4 Å². The molecule has 150 valence electrons. The molecule has 1 fully saturated rings. The number of nitrogens with zero attached hydrogens (tertiary/aromatic N) is 2. The quantitative estimate of drug-likeness (QED) is 0.575. The van der Waals surface area contributed by atoms with Crippen molar-refractivity contribution >= 4 is 11.4 Å². The molecular weight excluding hydrogens is 375 g/mol. The van der Waals surface area contributed by atoms with Crippen LogP contribution in [0.2, 0.25) is 0 Å². The number of hydrogen-bond acceptors (Lipinski definition) is 5. The molecule has 3 rings (SSSR count). The Morgan fingerprint density at radius 3 is 2.54 bits per heavy atom. The predicted molar refractivity (Wildman–Crippen MR) is 97.8 cm³/mol. The Hall–Kier alpha value is -2.65. The maximum atomic E-state index is 12.6. The maximum Gasteiger partial charge on any atom is 0.416 e. The minimum atomic E-state index is -4.34. The summed E-state index contributed by atoms with van der Waals surface area (Å²) >= 11 is 0. The van der Waals surface area contributed by atoms with Crippen molar-refractivity contribution in [3.05, 3.63) is 69.3 Å². The van der Waals surface area contributed by atoms with Crippen LogP contribution in [-0.4, -0.2) is 34.1 Å². The van der Waals surface area contributed by atoms with E-state index in [4.69, 9.17) is 0 Å². The van der Waals surface area contributed by atoms with E-state index in [0.717, 1.165) is 30.7 Å². The average molecular weight is 395 g/mol. The van der Waals surface area contributed by atoms with Crippen molar-refractivity contribution in [3.63, 3.8) is 0 Å². The van der Waals surface area contributed by atoms with E-state index in [-0.39, 0.29) is 17.3 Å². The topological polar surface area (TPSA) is 78.6 Å². The molecular formula is C19H20F3N3O3. The fourth-order valence-electron chi connectivity index (χ4n) is 3.34. The van der Waals surface area contributed by atoms with Crippen LogP contribution in [0.15, 0.2) is 42.5 Å². The Morgan fingerprint density at radius 2 is 1.93 bits per heavy atom. The molecule has 2 aromatic carbocycles. The van der Waals surface area contributed by atoms with Crippen LogP contribution in [0.25, 0.3) is 0 Å². The zero-order valence-corrected chi connectivity index (χ0v) is 14.9. The summed E-state index contributed by atoms with van der Waals surface area (Å²) in [6.07, 6.45) is -3.52. The Morgan fingerprint density at radius 1 is 1.21 bits per heavy atom. The molecule has 1 saturated heterocycles. The number of alkyl halides is 3. The average Bonchev–Trinajstić information content (AvgIpc) is 3.08. The molecule has 2 aromatic rings. The van der Waals surface area contributed by atoms with E-state index in [1.54, 1.807) is 6.07 Å². The van der Waals surface area contributed by atoms with E-state index in [2.05, 4.69) is 10.2 Å². The first kappa shape index (κ1) is 20.1. The standard InChI is InChI=1S/C19H20F3N3O3/c20-19(21,22)15-4-1-13(2-5-15)10-24-8-7-17(11-24)23-16-6-3-14(12-26)18(9-16)25(27)28/h1-6,9,17,23,26H,7-8,10-12H2. The third kappa shape index (κ3) is 4.79. The zero-order chi connectivity index (χ0) is 20.3. The van der Waals surface area contributed by atoms with Crippen LogP contribution in [0, 0.1) is 10.1 Å². The van der Waals surface area contributed by atoms with Gasteiger partial charge in [0.15, 0.2) is 0 Å². The van der Waals surface area contributed by atoms with E-state index in [1.165, 1.54) is 24.3 Å².